The minimum atomic E-state index is -0.426. The van der Waals surface area contributed by atoms with E-state index in [0.717, 1.165) is 0 Å². The van der Waals surface area contributed by atoms with Crippen LogP contribution in [0.3, 0.4) is 0 Å². The molecule has 0 bridgehead atoms. The Labute approximate surface area is 116 Å². The van der Waals surface area contributed by atoms with Crippen LogP contribution >= 0.6 is 0 Å². The largest absolute Gasteiger partial charge is 0.421 e. The molecule has 0 aliphatic rings. The quantitative estimate of drug-likeness (QED) is 0.688. The van der Waals surface area contributed by atoms with E-state index < -0.39 is 5.76 Å². The first-order chi connectivity index (χ1) is 9.76. The molecule has 2 N–H and O–H groups in total. The molecule has 0 saturated carbocycles. The van der Waals surface area contributed by atoms with Crippen LogP contribution in [-0.4, -0.2) is 57.5 Å². The van der Waals surface area contributed by atoms with Gasteiger partial charge in [0, 0.05) is 39.0 Å². The molecule has 7 nitrogen and oxygen atoms in total. The number of rotatable bonds is 8. The molecule has 2 heterocycles. The smallest absolute Gasteiger partial charge is 0.406 e. The number of pyridine rings is 1. The zero-order valence-electron chi connectivity index (χ0n) is 11.2. The average molecular weight is 281 g/mol. The molecule has 0 amide bonds. The Balaban J connectivity index is 2.07. The fraction of sp³-hybridized carbons (Fsp3) is 0.538. The van der Waals surface area contributed by atoms with Crippen molar-refractivity contribution >= 4 is 11.2 Å². The van der Waals surface area contributed by atoms with Crippen molar-refractivity contribution in [2.75, 3.05) is 32.8 Å². The number of hydrogen-bond donors (Lipinski definition) is 2. The van der Waals surface area contributed by atoms with Gasteiger partial charge in [0.25, 0.3) is 0 Å². The normalized spacial score (nSPS) is 11.6. The number of fused-ring (bicyclic) bond motifs is 1. The van der Waals surface area contributed by atoms with Crippen LogP contribution in [0.2, 0.25) is 0 Å². The Morgan fingerprint density at radius 1 is 1.25 bits per heavy atom. The highest BCUT2D eigenvalue weighted by molar-refractivity contribution is 5.67. The van der Waals surface area contributed by atoms with Gasteiger partial charge in [-0.05, 0) is 18.6 Å². The average Bonchev–Trinajstić information content (AvgIpc) is 2.77. The molecule has 0 aromatic carbocycles. The Morgan fingerprint density at radius 3 is 2.85 bits per heavy atom. The highest BCUT2D eigenvalue weighted by Gasteiger charge is 2.11. The van der Waals surface area contributed by atoms with Crippen LogP contribution in [0, 0.1) is 0 Å². The van der Waals surface area contributed by atoms with Gasteiger partial charge in [-0.25, -0.2) is 9.78 Å². The number of aliphatic hydroxyl groups is 2. The first-order valence-corrected chi connectivity index (χ1v) is 6.64. The summed E-state index contributed by atoms with van der Waals surface area (Å²) >= 11 is 0. The minimum Gasteiger partial charge on any atom is -0.406 e. The molecule has 0 saturated heterocycles. The van der Waals surface area contributed by atoms with Gasteiger partial charge < -0.3 is 14.6 Å². The van der Waals surface area contributed by atoms with Crippen molar-refractivity contribution < 1.29 is 14.6 Å². The fourth-order valence-corrected chi connectivity index (χ4v) is 2.11. The lowest BCUT2D eigenvalue weighted by molar-refractivity contribution is 0.175. The highest BCUT2D eigenvalue weighted by Crippen LogP contribution is 2.08. The second-order valence-electron chi connectivity index (χ2n) is 4.49. The van der Waals surface area contributed by atoms with Gasteiger partial charge in [-0.1, -0.05) is 0 Å². The number of nitrogens with zero attached hydrogens (tertiary/aromatic N) is 3. The van der Waals surface area contributed by atoms with Crippen molar-refractivity contribution in [3.05, 3.63) is 28.9 Å². The summed E-state index contributed by atoms with van der Waals surface area (Å²) < 4.78 is 6.59. The molecule has 0 fully saturated rings. The summed E-state index contributed by atoms with van der Waals surface area (Å²) in [6, 6.07) is 3.42. The Hall–Kier alpha value is -1.70. The summed E-state index contributed by atoms with van der Waals surface area (Å²) in [7, 11) is 0. The molecule has 0 aliphatic carbocycles. The van der Waals surface area contributed by atoms with Gasteiger partial charge in [0.15, 0.2) is 11.2 Å². The first-order valence-electron chi connectivity index (χ1n) is 6.64. The lowest BCUT2D eigenvalue weighted by atomic mass is 10.3. The maximum Gasteiger partial charge on any atom is 0.421 e. The molecule has 2 rings (SSSR count). The fourth-order valence-electron chi connectivity index (χ4n) is 2.11. The molecule has 0 aliphatic heterocycles. The molecule has 0 atom stereocenters. The lowest BCUT2D eigenvalue weighted by Crippen LogP contribution is -2.33. The van der Waals surface area contributed by atoms with Crippen molar-refractivity contribution in [1.29, 1.82) is 0 Å². The second-order valence-corrected chi connectivity index (χ2v) is 4.49. The zero-order chi connectivity index (χ0) is 14.4. The Kier molecular flexibility index (Phi) is 5.28. The SMILES string of the molecule is O=c1oc2cccnc2n1CCN(CCO)CCCO. The standard InChI is InChI=1S/C13H19N3O4/c17-9-2-5-15(8-10-18)6-7-16-12-11(20-13(16)19)3-1-4-14-12/h1,3-4,17-18H,2,5-10H2. The van der Waals surface area contributed by atoms with Gasteiger partial charge in [0.1, 0.15) is 0 Å². The van der Waals surface area contributed by atoms with Crippen molar-refractivity contribution in [2.24, 2.45) is 0 Å². The summed E-state index contributed by atoms with van der Waals surface area (Å²) in [4.78, 5) is 17.9. The van der Waals surface area contributed by atoms with Crippen LogP contribution in [0.15, 0.2) is 27.5 Å². The third-order valence-corrected chi connectivity index (χ3v) is 3.11. The third-order valence-electron chi connectivity index (χ3n) is 3.11. The van der Waals surface area contributed by atoms with Crippen LogP contribution in [0.5, 0.6) is 0 Å². The van der Waals surface area contributed by atoms with Crippen LogP contribution in [-0.2, 0) is 6.54 Å². The molecule has 0 spiro atoms. The van der Waals surface area contributed by atoms with Crippen molar-refractivity contribution in [1.82, 2.24) is 14.5 Å². The van der Waals surface area contributed by atoms with Crippen molar-refractivity contribution in [3.63, 3.8) is 0 Å². The van der Waals surface area contributed by atoms with E-state index in [1.165, 1.54) is 4.57 Å². The third kappa shape index (κ3) is 3.44. The minimum absolute atomic E-state index is 0.0463. The van der Waals surface area contributed by atoms with Crippen LogP contribution in [0.25, 0.3) is 11.2 Å². The van der Waals surface area contributed by atoms with E-state index in [0.29, 0.717) is 43.8 Å². The number of aromatic nitrogens is 2. The first kappa shape index (κ1) is 14.7. The Morgan fingerprint density at radius 2 is 2.10 bits per heavy atom. The molecule has 110 valence electrons. The van der Waals surface area contributed by atoms with Gasteiger partial charge >= 0.3 is 5.76 Å². The van der Waals surface area contributed by atoms with E-state index in [1.54, 1.807) is 18.3 Å². The molecule has 20 heavy (non-hydrogen) atoms. The van der Waals surface area contributed by atoms with Crippen molar-refractivity contribution in [2.45, 2.75) is 13.0 Å². The van der Waals surface area contributed by atoms with Crippen LogP contribution in [0.1, 0.15) is 6.42 Å². The predicted octanol–water partition coefficient (Wildman–Crippen LogP) is -0.334. The zero-order valence-corrected chi connectivity index (χ0v) is 11.2. The molecule has 0 radical (unpaired) electrons. The monoisotopic (exact) mass is 281 g/mol. The lowest BCUT2D eigenvalue weighted by Gasteiger charge is -2.20. The summed E-state index contributed by atoms with van der Waals surface area (Å²) in [5, 5.41) is 17.9. The molecular weight excluding hydrogens is 262 g/mol. The second kappa shape index (κ2) is 7.18. The van der Waals surface area contributed by atoms with Crippen LogP contribution in [0.4, 0.5) is 0 Å². The Bertz CT molecular complexity index is 593. The van der Waals surface area contributed by atoms with Gasteiger partial charge in [-0.15, -0.1) is 0 Å². The van der Waals surface area contributed by atoms with E-state index in [4.69, 9.17) is 14.6 Å². The van der Waals surface area contributed by atoms with E-state index in [1.807, 2.05) is 4.90 Å². The van der Waals surface area contributed by atoms with E-state index >= 15 is 0 Å². The number of aliphatic hydroxyl groups excluding tert-OH is 2. The molecular formula is C13H19N3O4. The number of oxazole rings is 1. The maximum atomic E-state index is 11.8. The highest BCUT2D eigenvalue weighted by atomic mass is 16.4. The summed E-state index contributed by atoms with van der Waals surface area (Å²) in [5.74, 6) is -0.426. The molecule has 2 aromatic heterocycles. The maximum absolute atomic E-state index is 11.8. The molecule has 0 unspecified atom stereocenters. The van der Waals surface area contributed by atoms with Gasteiger partial charge in [-0.3, -0.25) is 9.47 Å². The summed E-state index contributed by atoms with van der Waals surface area (Å²) in [6.45, 7) is 2.37. The van der Waals surface area contributed by atoms with Crippen LogP contribution < -0.4 is 5.76 Å². The molecule has 2 aromatic rings. The number of hydrogen-bond acceptors (Lipinski definition) is 6. The van der Waals surface area contributed by atoms with Gasteiger partial charge in [0.05, 0.1) is 6.61 Å². The predicted molar refractivity (Wildman–Crippen MR) is 73.5 cm³/mol. The van der Waals surface area contributed by atoms with Gasteiger partial charge in [0.2, 0.25) is 0 Å². The summed E-state index contributed by atoms with van der Waals surface area (Å²) in [6.07, 6.45) is 2.25. The van der Waals surface area contributed by atoms with Crippen molar-refractivity contribution in [3.8, 4) is 0 Å². The van der Waals surface area contributed by atoms with Gasteiger partial charge in [-0.2, -0.15) is 0 Å². The topological polar surface area (TPSA) is 91.7 Å². The van der Waals surface area contributed by atoms with E-state index in [9.17, 15) is 4.79 Å². The molecule has 7 heteroatoms. The summed E-state index contributed by atoms with van der Waals surface area (Å²) in [5.41, 5.74) is 1.00. The van der Waals surface area contributed by atoms with E-state index in [-0.39, 0.29) is 13.2 Å². The van der Waals surface area contributed by atoms with E-state index in [2.05, 4.69) is 4.98 Å².